The Balaban J connectivity index is 1.52. The molecule has 0 saturated carbocycles. The molecule has 0 saturated heterocycles. The van der Waals surface area contributed by atoms with Crippen LogP contribution in [0.25, 0.3) is 11.3 Å². The van der Waals surface area contributed by atoms with Crippen molar-refractivity contribution < 1.29 is 14.6 Å². The highest BCUT2D eigenvalue weighted by Gasteiger charge is 2.35. The van der Waals surface area contributed by atoms with E-state index < -0.39 is 0 Å². The highest BCUT2D eigenvalue weighted by Crippen LogP contribution is 2.42. The number of hydrogen-bond donors (Lipinski definition) is 3. The number of nitriles is 1. The summed E-state index contributed by atoms with van der Waals surface area (Å²) >= 11 is 0. The minimum atomic E-state index is -0.369. The van der Waals surface area contributed by atoms with Crippen molar-refractivity contribution in [3.05, 3.63) is 58.8 Å². The molecule has 172 valence electrons. The van der Waals surface area contributed by atoms with Gasteiger partial charge >= 0.3 is 0 Å². The molecule has 0 spiro atoms. The van der Waals surface area contributed by atoms with Gasteiger partial charge in [-0.2, -0.15) is 5.26 Å². The third kappa shape index (κ3) is 3.74. The molecule has 0 fully saturated rings. The number of aryl methyl sites for hydroxylation is 1. The number of aliphatic hydroxyl groups excluding tert-OH is 1. The van der Waals surface area contributed by atoms with E-state index in [-0.39, 0.29) is 17.9 Å². The van der Waals surface area contributed by atoms with Crippen molar-refractivity contribution in [2.24, 2.45) is 0 Å². The Labute approximate surface area is 197 Å². The summed E-state index contributed by atoms with van der Waals surface area (Å²) in [5, 5.41) is 25.8. The number of hydrogen-bond acceptors (Lipinski definition) is 7. The maximum Gasteiger partial charge on any atom is 0.227 e. The molecule has 1 aliphatic carbocycles. The summed E-state index contributed by atoms with van der Waals surface area (Å²) in [6.45, 7) is 2.05. The van der Waals surface area contributed by atoms with E-state index in [0.717, 1.165) is 40.8 Å². The fraction of sp³-hybridized carbons (Fsp3) is 0.308. The third-order valence-corrected chi connectivity index (χ3v) is 6.81. The van der Waals surface area contributed by atoms with Crippen LogP contribution in [-0.4, -0.2) is 34.7 Å². The number of fused-ring (bicyclic) bond motifs is 2. The van der Waals surface area contributed by atoms with Crippen molar-refractivity contribution in [3.63, 3.8) is 0 Å². The fourth-order valence-corrected chi connectivity index (χ4v) is 4.80. The Kier molecular flexibility index (Phi) is 5.42. The van der Waals surface area contributed by atoms with Crippen LogP contribution in [0.1, 0.15) is 42.0 Å². The molecule has 2 aliphatic rings. The summed E-state index contributed by atoms with van der Waals surface area (Å²) in [6.07, 6.45) is 4.36. The van der Waals surface area contributed by atoms with Gasteiger partial charge in [-0.3, -0.25) is 4.79 Å². The van der Waals surface area contributed by atoms with Gasteiger partial charge in [0, 0.05) is 29.3 Å². The van der Waals surface area contributed by atoms with Crippen molar-refractivity contribution in [3.8, 4) is 23.1 Å². The third-order valence-electron chi connectivity index (χ3n) is 6.81. The van der Waals surface area contributed by atoms with E-state index in [0.29, 0.717) is 41.5 Å². The lowest BCUT2D eigenvalue weighted by Gasteiger charge is -2.23. The van der Waals surface area contributed by atoms with Crippen molar-refractivity contribution >= 4 is 23.2 Å². The van der Waals surface area contributed by atoms with Gasteiger partial charge in [-0.1, -0.05) is 6.92 Å². The van der Waals surface area contributed by atoms with Crippen LogP contribution in [0.2, 0.25) is 0 Å². The lowest BCUT2D eigenvalue weighted by molar-refractivity contribution is -0.116. The highest BCUT2D eigenvalue weighted by atomic mass is 16.5. The number of methoxy groups -OCH3 is 1. The highest BCUT2D eigenvalue weighted by molar-refractivity contribution is 5.95. The summed E-state index contributed by atoms with van der Waals surface area (Å²) in [5.41, 5.74) is 6.13. The Bertz CT molecular complexity index is 1350. The number of aliphatic hydroxyl groups is 1. The largest absolute Gasteiger partial charge is 0.495 e. The SMILES string of the molecule is COc1cc2c(cc1Nc1nccc(-c3cc(C#N)c4c(c3)C(C)(CO)CC4)n1)NC(=O)CC2. The van der Waals surface area contributed by atoms with Crippen molar-refractivity contribution in [2.45, 2.75) is 38.0 Å². The number of benzene rings is 2. The average molecular weight is 456 g/mol. The molecule has 1 unspecified atom stereocenters. The average Bonchev–Trinajstić information content (AvgIpc) is 3.20. The van der Waals surface area contributed by atoms with E-state index >= 15 is 0 Å². The van der Waals surface area contributed by atoms with Crippen LogP contribution in [0.5, 0.6) is 5.75 Å². The van der Waals surface area contributed by atoms with Crippen LogP contribution in [0.15, 0.2) is 36.5 Å². The molecule has 8 heteroatoms. The van der Waals surface area contributed by atoms with Crippen molar-refractivity contribution in [1.82, 2.24) is 9.97 Å². The van der Waals surface area contributed by atoms with E-state index in [1.165, 1.54) is 0 Å². The van der Waals surface area contributed by atoms with E-state index in [2.05, 4.69) is 26.7 Å². The summed E-state index contributed by atoms with van der Waals surface area (Å²) in [5.74, 6) is 0.982. The van der Waals surface area contributed by atoms with Gasteiger partial charge in [0.1, 0.15) is 5.75 Å². The predicted molar refractivity (Wildman–Crippen MR) is 128 cm³/mol. The molecule has 1 atom stereocenters. The number of carbonyl (C=O) groups excluding carboxylic acids is 1. The second-order valence-corrected chi connectivity index (χ2v) is 9.03. The molecule has 34 heavy (non-hydrogen) atoms. The Morgan fingerprint density at radius 3 is 2.88 bits per heavy atom. The van der Waals surface area contributed by atoms with Crippen LogP contribution in [0.4, 0.5) is 17.3 Å². The first-order valence-corrected chi connectivity index (χ1v) is 11.2. The Hall–Kier alpha value is -3.96. The first kappa shape index (κ1) is 21.9. The van der Waals surface area contributed by atoms with E-state index in [9.17, 15) is 15.2 Å². The predicted octanol–water partition coefficient (Wildman–Crippen LogP) is 3.85. The molecule has 0 radical (unpaired) electrons. The second kappa shape index (κ2) is 8.43. The lowest BCUT2D eigenvalue weighted by atomic mass is 9.83. The number of aromatic nitrogens is 2. The number of ether oxygens (including phenoxy) is 1. The summed E-state index contributed by atoms with van der Waals surface area (Å²) in [6, 6.07) is 11.7. The zero-order chi connectivity index (χ0) is 23.9. The molecule has 1 aliphatic heterocycles. The number of amides is 1. The van der Waals surface area contributed by atoms with Gasteiger partial charge in [-0.05, 0) is 66.3 Å². The van der Waals surface area contributed by atoms with Gasteiger partial charge < -0.3 is 20.5 Å². The fourth-order valence-electron chi connectivity index (χ4n) is 4.80. The molecule has 0 bridgehead atoms. The van der Waals surface area contributed by atoms with Crippen LogP contribution in [0, 0.1) is 11.3 Å². The van der Waals surface area contributed by atoms with Crippen LogP contribution in [0.3, 0.4) is 0 Å². The molecule has 8 nitrogen and oxygen atoms in total. The van der Waals surface area contributed by atoms with Gasteiger partial charge in [-0.25, -0.2) is 9.97 Å². The zero-order valence-corrected chi connectivity index (χ0v) is 19.1. The van der Waals surface area contributed by atoms with E-state index in [1.54, 1.807) is 19.4 Å². The second-order valence-electron chi connectivity index (χ2n) is 9.03. The first-order valence-electron chi connectivity index (χ1n) is 11.2. The lowest BCUT2D eigenvalue weighted by Crippen LogP contribution is -2.23. The molecule has 1 aromatic heterocycles. The van der Waals surface area contributed by atoms with Gasteiger partial charge in [0.25, 0.3) is 0 Å². The normalized spacial score (nSPS) is 18.5. The number of anilines is 3. The maximum absolute atomic E-state index is 11.8. The topological polar surface area (TPSA) is 120 Å². The zero-order valence-electron chi connectivity index (χ0n) is 19.1. The molecule has 3 aromatic rings. The Morgan fingerprint density at radius 2 is 2.12 bits per heavy atom. The minimum Gasteiger partial charge on any atom is -0.495 e. The van der Waals surface area contributed by atoms with E-state index in [1.807, 2.05) is 31.2 Å². The first-order chi connectivity index (χ1) is 16.4. The standard InChI is InChI=1S/C26H25N5O3/c1-26(14-32)7-5-18-17(13-27)9-16(10-19(18)26)20-6-8-28-25(30-20)31-22-12-21-15(11-23(22)34-2)3-4-24(33)29-21/h6,8-12,32H,3-5,7,14H2,1-2H3,(H,29,33)(H,28,30,31). The van der Waals surface area contributed by atoms with Gasteiger partial charge in [0.15, 0.2) is 0 Å². The smallest absolute Gasteiger partial charge is 0.227 e. The van der Waals surface area contributed by atoms with Crippen LogP contribution >= 0.6 is 0 Å². The maximum atomic E-state index is 11.8. The van der Waals surface area contributed by atoms with Gasteiger partial charge in [0.05, 0.1) is 36.7 Å². The monoisotopic (exact) mass is 455 g/mol. The van der Waals surface area contributed by atoms with Crippen molar-refractivity contribution in [2.75, 3.05) is 24.4 Å². The van der Waals surface area contributed by atoms with Gasteiger partial charge in [0.2, 0.25) is 11.9 Å². The number of nitrogens with zero attached hydrogens (tertiary/aromatic N) is 3. The van der Waals surface area contributed by atoms with E-state index in [4.69, 9.17) is 4.74 Å². The Morgan fingerprint density at radius 1 is 1.26 bits per heavy atom. The van der Waals surface area contributed by atoms with Gasteiger partial charge in [-0.15, -0.1) is 0 Å². The quantitative estimate of drug-likeness (QED) is 0.534. The summed E-state index contributed by atoms with van der Waals surface area (Å²) in [7, 11) is 1.59. The minimum absolute atomic E-state index is 0.0124. The molecule has 3 N–H and O–H groups in total. The number of nitrogens with one attached hydrogen (secondary N) is 2. The van der Waals surface area contributed by atoms with Crippen LogP contribution in [-0.2, 0) is 23.1 Å². The molecular weight excluding hydrogens is 430 g/mol. The molecule has 2 aromatic carbocycles. The number of rotatable bonds is 5. The summed E-state index contributed by atoms with van der Waals surface area (Å²) < 4.78 is 5.55. The van der Waals surface area contributed by atoms with Crippen molar-refractivity contribution in [1.29, 1.82) is 5.26 Å². The number of carbonyl (C=O) groups is 1. The molecule has 5 rings (SSSR count). The van der Waals surface area contributed by atoms with Crippen LogP contribution < -0.4 is 15.4 Å². The molecular formula is C26H25N5O3. The molecule has 2 heterocycles. The molecule has 1 amide bonds. The summed E-state index contributed by atoms with van der Waals surface area (Å²) in [4.78, 5) is 20.9.